The molecule has 0 aliphatic heterocycles. The normalized spacial score (nSPS) is 28.0. The van der Waals surface area contributed by atoms with Crippen molar-refractivity contribution < 1.29 is 27.5 Å². The van der Waals surface area contributed by atoms with Gasteiger partial charge in [-0.05, 0) is 86.5 Å². The number of esters is 1. The van der Waals surface area contributed by atoms with Crippen LogP contribution < -0.4 is 9.62 Å². The molecule has 1 amide bonds. The molecule has 4 bridgehead atoms. The number of ketones is 1. The Balaban J connectivity index is 1.35. The minimum absolute atomic E-state index is 0.0378. The van der Waals surface area contributed by atoms with Crippen molar-refractivity contribution in [1.29, 1.82) is 0 Å². The molecule has 8 nitrogen and oxygen atoms in total. The van der Waals surface area contributed by atoms with E-state index in [1.807, 2.05) is 13.8 Å². The van der Waals surface area contributed by atoms with E-state index in [0.29, 0.717) is 29.0 Å². The van der Waals surface area contributed by atoms with Crippen LogP contribution in [0.25, 0.3) is 0 Å². The maximum absolute atomic E-state index is 13.4. The number of nitrogens with one attached hydrogen (secondary N) is 1. The van der Waals surface area contributed by atoms with Gasteiger partial charge in [0.05, 0.1) is 11.9 Å². The first kappa shape index (κ1) is 25.7. The van der Waals surface area contributed by atoms with Crippen molar-refractivity contribution in [1.82, 2.24) is 5.32 Å². The monoisotopic (exact) mass is 504 g/mol. The highest BCUT2D eigenvalue weighted by molar-refractivity contribution is 7.92. The molecule has 4 aliphatic carbocycles. The molecule has 4 saturated carbocycles. The Bertz CT molecular complexity index is 1060. The minimum atomic E-state index is -3.41. The second-order valence-corrected chi connectivity index (χ2v) is 13.2. The zero-order valence-electron chi connectivity index (χ0n) is 21.0. The standard InChI is InChI=1S/C26H36N2O6S/c1-16(2)23(27-25(31)26-12-17-9-18(13-26)11-19(10-17)14-26)24(30)34-15-22(29)20-5-7-21(8-6-20)28(3)35(4,32)33/h5-8,16-19,23H,9-15H2,1-4H3,(H,27,31)/t17?,18?,19?,23-,26?/m1/s1. The van der Waals surface area contributed by atoms with Gasteiger partial charge in [0.15, 0.2) is 12.4 Å². The molecule has 192 valence electrons. The Morgan fingerprint density at radius 2 is 1.54 bits per heavy atom. The van der Waals surface area contributed by atoms with Crippen LogP contribution in [0.15, 0.2) is 24.3 Å². The van der Waals surface area contributed by atoms with Crippen molar-refractivity contribution in [2.75, 3.05) is 24.2 Å². The maximum atomic E-state index is 13.4. The number of rotatable bonds is 9. The molecular weight excluding hydrogens is 468 g/mol. The zero-order valence-corrected chi connectivity index (χ0v) is 21.8. The minimum Gasteiger partial charge on any atom is -0.456 e. The van der Waals surface area contributed by atoms with Crippen molar-refractivity contribution >= 4 is 33.4 Å². The van der Waals surface area contributed by atoms with Crippen molar-refractivity contribution in [3.05, 3.63) is 29.8 Å². The van der Waals surface area contributed by atoms with Crippen molar-refractivity contribution in [3.63, 3.8) is 0 Å². The summed E-state index contributed by atoms with van der Waals surface area (Å²) in [6, 6.07) is 5.25. The predicted molar refractivity (Wildman–Crippen MR) is 132 cm³/mol. The Morgan fingerprint density at radius 3 is 2.00 bits per heavy atom. The first-order valence-electron chi connectivity index (χ1n) is 12.4. The van der Waals surface area contributed by atoms with Gasteiger partial charge in [-0.15, -0.1) is 0 Å². The summed E-state index contributed by atoms with van der Waals surface area (Å²) >= 11 is 0. The molecule has 0 unspecified atom stereocenters. The van der Waals surface area contributed by atoms with Gasteiger partial charge in [0.1, 0.15) is 6.04 Å². The molecule has 1 aromatic rings. The molecule has 1 atom stereocenters. The molecule has 1 aromatic carbocycles. The third-order valence-corrected chi connectivity index (χ3v) is 9.33. The van der Waals surface area contributed by atoms with Crippen LogP contribution in [0.3, 0.4) is 0 Å². The summed E-state index contributed by atoms with van der Waals surface area (Å²) in [4.78, 5) is 38.8. The lowest BCUT2D eigenvalue weighted by Crippen LogP contribution is -2.57. The van der Waals surface area contributed by atoms with Gasteiger partial charge in [-0.3, -0.25) is 13.9 Å². The summed E-state index contributed by atoms with van der Waals surface area (Å²) in [6.45, 7) is 3.26. The smallest absolute Gasteiger partial charge is 0.329 e. The second-order valence-electron chi connectivity index (χ2n) is 11.2. The average Bonchev–Trinajstić information content (AvgIpc) is 2.78. The molecule has 4 fully saturated rings. The van der Waals surface area contributed by atoms with E-state index >= 15 is 0 Å². The molecule has 0 spiro atoms. The maximum Gasteiger partial charge on any atom is 0.329 e. The summed E-state index contributed by atoms with van der Waals surface area (Å²) in [5, 5.41) is 2.98. The van der Waals surface area contributed by atoms with Gasteiger partial charge in [-0.25, -0.2) is 13.2 Å². The number of benzene rings is 1. The first-order chi connectivity index (χ1) is 16.4. The lowest BCUT2D eigenvalue weighted by Gasteiger charge is -2.55. The fourth-order valence-electron chi connectivity index (χ4n) is 6.54. The van der Waals surface area contributed by atoms with Crippen molar-refractivity contribution in [2.24, 2.45) is 29.1 Å². The Hall–Kier alpha value is -2.42. The van der Waals surface area contributed by atoms with E-state index in [0.717, 1.165) is 29.8 Å². The van der Waals surface area contributed by atoms with E-state index in [4.69, 9.17) is 4.74 Å². The van der Waals surface area contributed by atoms with Gasteiger partial charge in [0.2, 0.25) is 15.9 Å². The number of carbonyl (C=O) groups excluding carboxylic acids is 3. The number of nitrogens with zero attached hydrogens (tertiary/aromatic N) is 1. The van der Waals surface area contributed by atoms with Crippen LogP contribution in [0.4, 0.5) is 5.69 Å². The molecule has 0 saturated heterocycles. The predicted octanol–water partition coefficient (Wildman–Crippen LogP) is 3.17. The number of Topliss-reactive ketones (excluding diaryl/α,β-unsaturated/α-hetero) is 1. The number of carbonyl (C=O) groups is 3. The van der Waals surface area contributed by atoms with Gasteiger partial charge < -0.3 is 10.1 Å². The summed E-state index contributed by atoms with van der Waals surface area (Å²) in [6.07, 6.45) is 7.52. The number of hydrogen-bond donors (Lipinski definition) is 1. The highest BCUT2D eigenvalue weighted by Crippen LogP contribution is 2.60. The van der Waals surface area contributed by atoms with Crippen LogP contribution in [0.2, 0.25) is 0 Å². The number of ether oxygens (including phenoxy) is 1. The fraction of sp³-hybridized carbons (Fsp3) is 0.654. The quantitative estimate of drug-likeness (QED) is 0.409. The van der Waals surface area contributed by atoms with Crippen LogP contribution in [0.1, 0.15) is 62.7 Å². The summed E-state index contributed by atoms with van der Waals surface area (Å²) < 4.78 is 29.8. The second kappa shape index (κ2) is 9.56. The number of hydrogen-bond acceptors (Lipinski definition) is 6. The SMILES string of the molecule is CC(C)[C@@H](NC(=O)C12CC3CC(CC(C3)C1)C2)C(=O)OCC(=O)c1ccc(N(C)S(C)(=O)=O)cc1. The molecule has 9 heteroatoms. The first-order valence-corrected chi connectivity index (χ1v) is 14.3. The van der Waals surface area contributed by atoms with E-state index < -0.39 is 34.4 Å². The Labute approximate surface area is 207 Å². The molecule has 4 aliphatic rings. The topological polar surface area (TPSA) is 110 Å². The lowest BCUT2D eigenvalue weighted by atomic mass is 9.49. The molecule has 0 heterocycles. The van der Waals surface area contributed by atoms with Gasteiger partial charge in [0.25, 0.3) is 0 Å². The molecule has 5 rings (SSSR count). The van der Waals surface area contributed by atoms with Crippen molar-refractivity contribution in [3.8, 4) is 0 Å². The third-order valence-electron chi connectivity index (χ3n) is 8.12. The third kappa shape index (κ3) is 5.39. The van der Waals surface area contributed by atoms with E-state index in [2.05, 4.69) is 5.32 Å². The number of amides is 1. The highest BCUT2D eigenvalue weighted by Gasteiger charge is 2.55. The van der Waals surface area contributed by atoms with Crippen LogP contribution in [0, 0.1) is 29.1 Å². The van der Waals surface area contributed by atoms with Gasteiger partial charge in [-0.2, -0.15) is 0 Å². The van der Waals surface area contributed by atoms with E-state index in [9.17, 15) is 22.8 Å². The lowest BCUT2D eigenvalue weighted by molar-refractivity contribution is -0.154. The molecular formula is C26H36N2O6S. The largest absolute Gasteiger partial charge is 0.456 e. The summed E-state index contributed by atoms with van der Waals surface area (Å²) in [5.74, 6) is 0.639. The van der Waals surface area contributed by atoms with Crippen molar-refractivity contribution in [2.45, 2.75) is 58.4 Å². The summed E-state index contributed by atoms with van der Waals surface area (Å²) in [5.41, 5.74) is 0.370. The van der Waals surface area contributed by atoms with E-state index in [-0.39, 0.29) is 17.2 Å². The zero-order chi connectivity index (χ0) is 25.5. The number of anilines is 1. The van der Waals surface area contributed by atoms with Gasteiger partial charge in [0, 0.05) is 18.0 Å². The summed E-state index contributed by atoms with van der Waals surface area (Å²) in [7, 11) is -1.98. The fourth-order valence-corrected chi connectivity index (χ4v) is 7.04. The van der Waals surface area contributed by atoms with Crippen LogP contribution in [-0.4, -0.2) is 52.0 Å². The molecule has 0 radical (unpaired) electrons. The Kier molecular flexibility index (Phi) is 7.01. The van der Waals surface area contributed by atoms with Crippen LogP contribution in [0.5, 0.6) is 0 Å². The van der Waals surface area contributed by atoms with Gasteiger partial charge >= 0.3 is 5.97 Å². The number of sulfonamides is 1. The molecule has 35 heavy (non-hydrogen) atoms. The van der Waals surface area contributed by atoms with E-state index in [1.54, 1.807) is 0 Å². The molecule has 1 N–H and O–H groups in total. The highest BCUT2D eigenvalue weighted by atomic mass is 32.2. The Morgan fingerprint density at radius 1 is 1.03 bits per heavy atom. The van der Waals surface area contributed by atoms with Crippen LogP contribution >= 0.6 is 0 Å². The molecule has 0 aromatic heterocycles. The van der Waals surface area contributed by atoms with Crippen LogP contribution in [-0.2, 0) is 24.3 Å². The van der Waals surface area contributed by atoms with Gasteiger partial charge in [-0.1, -0.05) is 13.8 Å². The average molecular weight is 505 g/mol. The van der Waals surface area contributed by atoms with E-state index in [1.165, 1.54) is 50.6 Å².